The zero-order chi connectivity index (χ0) is 27.4. The van der Waals surface area contributed by atoms with Gasteiger partial charge in [0.1, 0.15) is 6.04 Å². The number of carbonyl (C=O) groups is 2. The molecule has 2 aliphatic rings. The number of nitro benzene ring substituents is 1. The molecule has 3 aromatic rings. The molecule has 1 aromatic heterocycles. The first-order chi connectivity index (χ1) is 18.9. The standard InChI is InChI=1S/C29H33N5O4S/c1-21-4-8-23(9-5-21)28(35)33-19-25(17-27(33)29(36)31-14-12-30-13-15-31)32(20-26-3-2-16-39-26)18-22-6-10-24(11-7-22)34(37)38/h2-11,16,25,27,30H,12-15,17-20H2,1H3. The van der Waals surface area contributed by atoms with Crippen LogP contribution >= 0.6 is 11.3 Å². The molecule has 3 heterocycles. The summed E-state index contributed by atoms with van der Waals surface area (Å²) in [7, 11) is 0. The molecule has 0 radical (unpaired) electrons. The molecule has 2 atom stereocenters. The van der Waals surface area contributed by atoms with E-state index in [2.05, 4.69) is 16.3 Å². The maximum absolute atomic E-state index is 13.8. The minimum Gasteiger partial charge on any atom is -0.338 e. The number of non-ortho nitro benzene ring substituents is 1. The monoisotopic (exact) mass is 547 g/mol. The molecule has 10 heteroatoms. The number of hydrogen-bond acceptors (Lipinski definition) is 7. The summed E-state index contributed by atoms with van der Waals surface area (Å²) in [5.41, 5.74) is 2.66. The number of likely N-dealkylation sites (tertiary alicyclic amines) is 1. The second-order valence-corrected chi connectivity index (χ2v) is 11.2. The molecule has 0 aliphatic carbocycles. The fourth-order valence-electron chi connectivity index (χ4n) is 5.37. The zero-order valence-corrected chi connectivity index (χ0v) is 22.8. The fourth-order valence-corrected chi connectivity index (χ4v) is 6.10. The minimum atomic E-state index is -0.537. The van der Waals surface area contributed by atoms with Crippen molar-refractivity contribution < 1.29 is 14.5 Å². The molecule has 39 heavy (non-hydrogen) atoms. The van der Waals surface area contributed by atoms with Crippen LogP contribution in [0.1, 0.15) is 32.8 Å². The van der Waals surface area contributed by atoms with E-state index in [1.165, 1.54) is 17.0 Å². The second kappa shape index (κ2) is 12.1. The lowest BCUT2D eigenvalue weighted by molar-refractivity contribution is -0.384. The average Bonchev–Trinajstić information content (AvgIpc) is 3.64. The predicted molar refractivity (Wildman–Crippen MR) is 151 cm³/mol. The quantitative estimate of drug-likeness (QED) is 0.341. The number of carbonyl (C=O) groups excluding carboxylic acids is 2. The number of nitro groups is 1. The molecule has 2 amide bonds. The molecule has 1 N–H and O–H groups in total. The van der Waals surface area contributed by atoms with Crippen LogP contribution < -0.4 is 5.32 Å². The predicted octanol–water partition coefficient (Wildman–Crippen LogP) is 3.68. The molecule has 204 valence electrons. The van der Waals surface area contributed by atoms with Gasteiger partial charge in [0.25, 0.3) is 11.6 Å². The van der Waals surface area contributed by atoms with Gasteiger partial charge in [0.15, 0.2) is 0 Å². The van der Waals surface area contributed by atoms with Crippen molar-refractivity contribution in [3.63, 3.8) is 0 Å². The molecule has 0 spiro atoms. The van der Waals surface area contributed by atoms with Crippen molar-refractivity contribution in [3.05, 3.63) is 97.7 Å². The smallest absolute Gasteiger partial charge is 0.269 e. The fraction of sp³-hybridized carbons (Fsp3) is 0.379. The highest BCUT2D eigenvalue weighted by Crippen LogP contribution is 2.29. The van der Waals surface area contributed by atoms with Crippen molar-refractivity contribution in [2.75, 3.05) is 32.7 Å². The SMILES string of the molecule is Cc1ccc(C(=O)N2CC(N(Cc3ccc([N+](=O)[O-])cc3)Cc3cccs3)CC2C(=O)N2CCNCC2)cc1. The van der Waals surface area contributed by atoms with Gasteiger partial charge in [-0.1, -0.05) is 35.9 Å². The van der Waals surface area contributed by atoms with E-state index in [1.807, 2.05) is 47.5 Å². The van der Waals surface area contributed by atoms with Gasteiger partial charge in [0.2, 0.25) is 5.91 Å². The molecular weight excluding hydrogens is 514 g/mol. The molecule has 2 saturated heterocycles. The minimum absolute atomic E-state index is 0.00544. The highest BCUT2D eigenvalue weighted by Gasteiger charge is 2.43. The van der Waals surface area contributed by atoms with Crippen molar-refractivity contribution in [1.82, 2.24) is 20.0 Å². The van der Waals surface area contributed by atoms with Gasteiger partial charge in [-0.25, -0.2) is 0 Å². The summed E-state index contributed by atoms with van der Waals surface area (Å²) in [6.07, 6.45) is 0.540. The Bertz CT molecular complexity index is 1290. The van der Waals surface area contributed by atoms with Crippen LogP contribution in [0.4, 0.5) is 5.69 Å². The first kappa shape index (κ1) is 27.0. The van der Waals surface area contributed by atoms with E-state index in [0.29, 0.717) is 44.7 Å². The number of amides is 2. The van der Waals surface area contributed by atoms with Gasteiger partial charge in [0, 0.05) is 74.4 Å². The lowest BCUT2D eigenvalue weighted by atomic mass is 10.1. The number of piperazine rings is 1. The van der Waals surface area contributed by atoms with E-state index in [0.717, 1.165) is 24.2 Å². The molecular formula is C29H33N5O4S. The van der Waals surface area contributed by atoms with E-state index >= 15 is 0 Å². The normalized spacial score (nSPS) is 19.4. The molecule has 5 rings (SSSR count). The summed E-state index contributed by atoms with van der Waals surface area (Å²) in [6, 6.07) is 17.6. The zero-order valence-electron chi connectivity index (χ0n) is 22.0. The van der Waals surface area contributed by atoms with Crippen molar-refractivity contribution in [2.45, 2.75) is 38.5 Å². The Labute approximate surface area is 232 Å². The van der Waals surface area contributed by atoms with Crippen molar-refractivity contribution >= 4 is 28.8 Å². The highest BCUT2D eigenvalue weighted by molar-refractivity contribution is 7.09. The first-order valence-corrected chi connectivity index (χ1v) is 14.1. The van der Waals surface area contributed by atoms with Crippen LogP contribution in [0.25, 0.3) is 0 Å². The van der Waals surface area contributed by atoms with Gasteiger partial charge in [-0.2, -0.15) is 0 Å². The van der Waals surface area contributed by atoms with Crippen molar-refractivity contribution in [3.8, 4) is 0 Å². The van der Waals surface area contributed by atoms with Crippen molar-refractivity contribution in [2.24, 2.45) is 0 Å². The Kier molecular flexibility index (Phi) is 8.35. The van der Waals surface area contributed by atoms with Gasteiger partial charge >= 0.3 is 0 Å². The van der Waals surface area contributed by atoms with Crippen LogP contribution in [-0.4, -0.2) is 76.2 Å². The number of nitrogens with one attached hydrogen (secondary N) is 1. The summed E-state index contributed by atoms with van der Waals surface area (Å²) < 4.78 is 0. The van der Waals surface area contributed by atoms with Gasteiger partial charge in [-0.3, -0.25) is 24.6 Å². The van der Waals surface area contributed by atoms with Gasteiger partial charge < -0.3 is 15.1 Å². The maximum atomic E-state index is 13.8. The molecule has 9 nitrogen and oxygen atoms in total. The molecule has 2 aromatic carbocycles. The van der Waals surface area contributed by atoms with Gasteiger partial charge in [-0.15, -0.1) is 11.3 Å². The maximum Gasteiger partial charge on any atom is 0.269 e. The lowest BCUT2D eigenvalue weighted by Crippen LogP contribution is -2.53. The summed E-state index contributed by atoms with van der Waals surface area (Å²) >= 11 is 1.67. The van der Waals surface area contributed by atoms with Crippen LogP contribution in [0.15, 0.2) is 66.0 Å². The Morgan fingerprint density at radius 2 is 1.77 bits per heavy atom. The average molecular weight is 548 g/mol. The third kappa shape index (κ3) is 6.35. The molecule has 2 aliphatic heterocycles. The first-order valence-electron chi connectivity index (χ1n) is 13.3. The number of nitrogens with zero attached hydrogens (tertiary/aromatic N) is 4. The molecule has 0 saturated carbocycles. The van der Waals surface area contributed by atoms with Crippen LogP contribution in [0.5, 0.6) is 0 Å². The number of benzene rings is 2. The second-order valence-electron chi connectivity index (χ2n) is 10.2. The summed E-state index contributed by atoms with van der Waals surface area (Å²) in [4.78, 5) is 45.4. The highest BCUT2D eigenvalue weighted by atomic mass is 32.1. The third-order valence-electron chi connectivity index (χ3n) is 7.54. The Balaban J connectivity index is 1.43. The van der Waals surface area contributed by atoms with Crippen LogP contribution in [0, 0.1) is 17.0 Å². The Morgan fingerprint density at radius 1 is 1.05 bits per heavy atom. The Morgan fingerprint density at radius 3 is 2.41 bits per heavy atom. The number of hydrogen-bond donors (Lipinski definition) is 1. The number of rotatable bonds is 8. The lowest BCUT2D eigenvalue weighted by Gasteiger charge is -2.32. The summed E-state index contributed by atoms with van der Waals surface area (Å²) in [5.74, 6) is -0.122. The summed E-state index contributed by atoms with van der Waals surface area (Å²) in [6.45, 7) is 6.41. The van der Waals surface area contributed by atoms with Crippen molar-refractivity contribution in [1.29, 1.82) is 0 Å². The molecule has 2 unspecified atom stereocenters. The van der Waals surface area contributed by atoms with E-state index < -0.39 is 11.0 Å². The summed E-state index contributed by atoms with van der Waals surface area (Å²) in [5, 5.41) is 16.5. The number of thiophene rings is 1. The Hall–Kier alpha value is -3.60. The largest absolute Gasteiger partial charge is 0.338 e. The van der Waals surface area contributed by atoms with E-state index in [1.54, 1.807) is 28.4 Å². The molecule has 2 fully saturated rings. The van der Waals surface area contributed by atoms with E-state index in [-0.39, 0.29) is 23.5 Å². The topological polar surface area (TPSA) is 99.0 Å². The molecule has 0 bridgehead atoms. The third-order valence-corrected chi connectivity index (χ3v) is 8.40. The van der Waals surface area contributed by atoms with Gasteiger partial charge in [0.05, 0.1) is 4.92 Å². The van der Waals surface area contributed by atoms with Gasteiger partial charge in [-0.05, 0) is 42.5 Å². The van der Waals surface area contributed by atoms with Crippen LogP contribution in [0.3, 0.4) is 0 Å². The number of aryl methyl sites for hydroxylation is 1. The van der Waals surface area contributed by atoms with E-state index in [9.17, 15) is 19.7 Å². The van der Waals surface area contributed by atoms with E-state index in [4.69, 9.17) is 0 Å². The van der Waals surface area contributed by atoms with Crippen LogP contribution in [-0.2, 0) is 17.9 Å². The van der Waals surface area contributed by atoms with Crippen LogP contribution in [0.2, 0.25) is 0 Å².